The minimum absolute atomic E-state index is 0.232. The summed E-state index contributed by atoms with van der Waals surface area (Å²) in [6.07, 6.45) is 1.28. The van der Waals surface area contributed by atoms with E-state index in [-0.39, 0.29) is 11.4 Å². The van der Waals surface area contributed by atoms with Crippen LogP contribution in [0.5, 0.6) is 11.6 Å². The minimum atomic E-state index is -0.253. The molecule has 0 radical (unpaired) electrons. The molecule has 3 N–H and O–H groups in total. The molecule has 7 heteroatoms. The van der Waals surface area contributed by atoms with Crippen LogP contribution in [0.4, 0.5) is 5.69 Å². The Bertz CT molecular complexity index is 615. The van der Waals surface area contributed by atoms with Crippen LogP contribution in [0.15, 0.2) is 29.3 Å². The second kappa shape index (κ2) is 4.92. The standard InChI is InChI=1S/C10H7ClIN3O2/c11-6-3-5(1-2-7(6)13)17-10-8(12)9(16)14-4-15-10/h1-4H,13H2,(H,14,15,16). The van der Waals surface area contributed by atoms with Gasteiger partial charge in [0, 0.05) is 6.07 Å². The van der Waals surface area contributed by atoms with Crippen LogP contribution in [0.2, 0.25) is 5.02 Å². The number of benzene rings is 1. The SMILES string of the molecule is Nc1ccc(Oc2nc[nH]c(=O)c2I)cc1Cl. The number of aromatic nitrogens is 2. The first-order valence-corrected chi connectivity index (χ1v) is 5.99. The molecule has 1 aromatic carbocycles. The Hall–Kier alpha value is -1.28. The fourth-order valence-electron chi connectivity index (χ4n) is 1.12. The number of halogens is 2. The highest BCUT2D eigenvalue weighted by atomic mass is 127. The number of hydrogen-bond donors (Lipinski definition) is 2. The Kier molecular flexibility index (Phi) is 3.53. The van der Waals surface area contributed by atoms with Gasteiger partial charge in [0.25, 0.3) is 5.56 Å². The fraction of sp³-hybridized carbons (Fsp3) is 0. The summed E-state index contributed by atoms with van der Waals surface area (Å²) in [5, 5.41) is 0.391. The molecule has 0 aliphatic heterocycles. The molecule has 0 bridgehead atoms. The van der Waals surface area contributed by atoms with Gasteiger partial charge in [0.2, 0.25) is 5.88 Å². The molecule has 0 fully saturated rings. The number of hydrogen-bond acceptors (Lipinski definition) is 4. The Balaban J connectivity index is 2.35. The van der Waals surface area contributed by atoms with Gasteiger partial charge < -0.3 is 15.5 Å². The summed E-state index contributed by atoms with van der Waals surface area (Å²) in [4.78, 5) is 17.7. The number of H-pyrrole nitrogens is 1. The first-order chi connectivity index (χ1) is 8.08. The number of nitrogens with two attached hydrogens (primary N) is 1. The van der Waals surface area contributed by atoms with E-state index in [1.165, 1.54) is 6.33 Å². The zero-order chi connectivity index (χ0) is 12.4. The molecule has 5 nitrogen and oxygen atoms in total. The fourth-order valence-corrected chi connectivity index (χ4v) is 1.70. The third-order valence-corrected chi connectivity index (χ3v) is 3.23. The van der Waals surface area contributed by atoms with E-state index in [1.54, 1.807) is 18.2 Å². The van der Waals surface area contributed by atoms with E-state index in [1.807, 2.05) is 22.6 Å². The van der Waals surface area contributed by atoms with E-state index in [9.17, 15) is 4.79 Å². The number of anilines is 1. The lowest BCUT2D eigenvalue weighted by atomic mass is 10.3. The number of ether oxygens (including phenoxy) is 1. The Morgan fingerprint density at radius 3 is 2.94 bits per heavy atom. The van der Waals surface area contributed by atoms with Gasteiger partial charge in [0.05, 0.1) is 17.0 Å². The van der Waals surface area contributed by atoms with Crippen molar-refractivity contribution in [2.75, 3.05) is 5.73 Å². The Morgan fingerprint density at radius 1 is 1.47 bits per heavy atom. The van der Waals surface area contributed by atoms with Gasteiger partial charge >= 0.3 is 0 Å². The number of nitrogens with one attached hydrogen (secondary N) is 1. The molecule has 0 spiro atoms. The van der Waals surface area contributed by atoms with Crippen molar-refractivity contribution >= 4 is 39.9 Å². The van der Waals surface area contributed by atoms with Crippen molar-refractivity contribution < 1.29 is 4.74 Å². The normalized spacial score (nSPS) is 10.2. The van der Waals surface area contributed by atoms with Crippen LogP contribution in [0.1, 0.15) is 0 Å². The van der Waals surface area contributed by atoms with Crippen LogP contribution < -0.4 is 16.0 Å². The van der Waals surface area contributed by atoms with Gasteiger partial charge in [-0.1, -0.05) is 11.6 Å². The summed E-state index contributed by atoms with van der Waals surface area (Å²) in [5.74, 6) is 0.704. The third-order valence-electron chi connectivity index (χ3n) is 1.95. The van der Waals surface area contributed by atoms with Crippen molar-refractivity contribution in [3.05, 3.63) is 43.5 Å². The summed E-state index contributed by atoms with van der Waals surface area (Å²) in [5.41, 5.74) is 5.79. The topological polar surface area (TPSA) is 81.0 Å². The van der Waals surface area contributed by atoms with E-state index in [0.29, 0.717) is 20.0 Å². The predicted molar refractivity (Wildman–Crippen MR) is 73.5 cm³/mol. The summed E-state index contributed by atoms with van der Waals surface area (Å²) in [6, 6.07) is 4.84. The Morgan fingerprint density at radius 2 is 2.24 bits per heavy atom. The molecule has 1 aromatic heterocycles. The lowest BCUT2D eigenvalue weighted by molar-refractivity contribution is 0.456. The second-order valence-electron chi connectivity index (χ2n) is 3.14. The number of rotatable bonds is 2. The van der Waals surface area contributed by atoms with Crippen molar-refractivity contribution in [3.63, 3.8) is 0 Å². The van der Waals surface area contributed by atoms with Gasteiger partial charge in [-0.15, -0.1) is 0 Å². The van der Waals surface area contributed by atoms with Gasteiger partial charge in [0.1, 0.15) is 9.32 Å². The van der Waals surface area contributed by atoms with Crippen molar-refractivity contribution in [2.24, 2.45) is 0 Å². The van der Waals surface area contributed by atoms with Gasteiger partial charge in [-0.3, -0.25) is 4.79 Å². The van der Waals surface area contributed by atoms with Gasteiger partial charge in [0.15, 0.2) is 0 Å². The molecule has 0 atom stereocenters. The van der Waals surface area contributed by atoms with Crippen molar-refractivity contribution in [2.45, 2.75) is 0 Å². The maximum Gasteiger partial charge on any atom is 0.268 e. The van der Waals surface area contributed by atoms with Crippen LogP contribution >= 0.6 is 34.2 Å². The first kappa shape index (κ1) is 12.2. The van der Waals surface area contributed by atoms with Crippen molar-refractivity contribution in [1.29, 1.82) is 0 Å². The predicted octanol–water partition coefficient (Wildman–Crippen LogP) is 2.40. The molecular weight excluding hydrogens is 356 g/mol. The monoisotopic (exact) mass is 363 g/mol. The maximum absolute atomic E-state index is 11.3. The smallest absolute Gasteiger partial charge is 0.268 e. The van der Waals surface area contributed by atoms with Crippen LogP contribution in [0.3, 0.4) is 0 Å². The zero-order valence-corrected chi connectivity index (χ0v) is 11.3. The molecule has 0 aliphatic rings. The third kappa shape index (κ3) is 2.70. The summed E-state index contributed by atoms with van der Waals surface area (Å²) in [6.45, 7) is 0. The van der Waals surface area contributed by atoms with E-state index in [0.717, 1.165) is 0 Å². The highest BCUT2D eigenvalue weighted by molar-refractivity contribution is 14.1. The quantitative estimate of drug-likeness (QED) is 0.634. The summed E-state index contributed by atoms with van der Waals surface area (Å²) in [7, 11) is 0. The zero-order valence-electron chi connectivity index (χ0n) is 8.41. The van der Waals surface area contributed by atoms with Crippen LogP contribution in [-0.2, 0) is 0 Å². The van der Waals surface area contributed by atoms with Gasteiger partial charge in [-0.05, 0) is 34.7 Å². The summed E-state index contributed by atoms with van der Waals surface area (Å²) < 4.78 is 5.82. The molecule has 17 heavy (non-hydrogen) atoms. The average molecular weight is 364 g/mol. The van der Waals surface area contributed by atoms with Crippen molar-refractivity contribution in [1.82, 2.24) is 9.97 Å². The Labute approximate surface area is 115 Å². The van der Waals surface area contributed by atoms with Gasteiger partial charge in [-0.2, -0.15) is 0 Å². The van der Waals surface area contributed by atoms with E-state index in [4.69, 9.17) is 22.1 Å². The number of nitrogens with zero attached hydrogens (tertiary/aromatic N) is 1. The van der Waals surface area contributed by atoms with E-state index < -0.39 is 0 Å². The first-order valence-electron chi connectivity index (χ1n) is 4.54. The molecule has 0 unspecified atom stereocenters. The van der Waals surface area contributed by atoms with Crippen LogP contribution in [0.25, 0.3) is 0 Å². The molecule has 2 aromatic rings. The molecule has 0 saturated carbocycles. The maximum atomic E-state index is 11.3. The minimum Gasteiger partial charge on any atom is -0.438 e. The van der Waals surface area contributed by atoms with Crippen molar-refractivity contribution in [3.8, 4) is 11.6 Å². The molecule has 88 valence electrons. The number of aromatic amines is 1. The second-order valence-corrected chi connectivity index (χ2v) is 4.62. The van der Waals surface area contributed by atoms with E-state index in [2.05, 4.69) is 9.97 Å². The highest BCUT2D eigenvalue weighted by Crippen LogP contribution is 2.27. The molecular formula is C10H7ClIN3O2. The molecule has 1 heterocycles. The molecule has 2 rings (SSSR count). The molecule has 0 amide bonds. The highest BCUT2D eigenvalue weighted by Gasteiger charge is 2.08. The lowest BCUT2D eigenvalue weighted by Gasteiger charge is -2.06. The van der Waals surface area contributed by atoms with Gasteiger partial charge in [-0.25, -0.2) is 4.98 Å². The largest absolute Gasteiger partial charge is 0.438 e. The lowest BCUT2D eigenvalue weighted by Crippen LogP contribution is -2.11. The summed E-state index contributed by atoms with van der Waals surface area (Å²) >= 11 is 7.71. The van der Waals surface area contributed by atoms with Crippen LogP contribution in [0, 0.1) is 3.57 Å². The van der Waals surface area contributed by atoms with Crippen LogP contribution in [-0.4, -0.2) is 9.97 Å². The number of nitrogen functional groups attached to an aromatic ring is 1. The average Bonchev–Trinajstić information content (AvgIpc) is 2.30. The molecule has 0 saturated heterocycles. The van der Waals surface area contributed by atoms with E-state index >= 15 is 0 Å². The molecule has 0 aliphatic carbocycles.